The van der Waals surface area contributed by atoms with Crippen LogP contribution in [-0.4, -0.2) is 49.6 Å². The Hall–Kier alpha value is -2.24. The minimum atomic E-state index is -3.78. The summed E-state index contributed by atoms with van der Waals surface area (Å²) in [5, 5.41) is 0. The maximum atomic E-state index is 13.6. The summed E-state index contributed by atoms with van der Waals surface area (Å²) in [6, 6.07) is 3.78. The molecule has 1 saturated heterocycles. The molecule has 25 heavy (non-hydrogen) atoms. The molecular weight excluding hydrogens is 322 g/mol. The summed E-state index contributed by atoms with van der Waals surface area (Å²) in [6.07, 6.45) is -9.25. The van der Waals surface area contributed by atoms with E-state index in [9.17, 15) is 9.59 Å². The van der Waals surface area contributed by atoms with E-state index < -0.39 is 54.7 Å². The molecule has 2 rings (SSSR count). The fraction of sp³-hybridized carbons (Fsp3) is 0.579. The number of carbonyl (C=O) groups is 2. The van der Waals surface area contributed by atoms with Crippen molar-refractivity contribution in [2.45, 2.75) is 39.1 Å². The van der Waals surface area contributed by atoms with Gasteiger partial charge in [0.2, 0.25) is 0 Å². The quantitative estimate of drug-likeness (QED) is 0.770. The van der Waals surface area contributed by atoms with E-state index >= 15 is 0 Å². The fourth-order valence-electron chi connectivity index (χ4n) is 2.00. The SMILES string of the molecule is [2H]C1([2H])N(C(=O)OC(C)(C)C)C([2H])([2H])C([2H])([2H])C([2H])(C(=O)c2cccc(OC)c2OC)C1([2H])[2H]. The number of hydrogen-bond donors (Lipinski definition) is 0. The molecule has 0 bridgehead atoms. The van der Waals surface area contributed by atoms with E-state index in [1.165, 1.54) is 40.0 Å². The minimum absolute atomic E-state index is 0.00437. The van der Waals surface area contributed by atoms with Gasteiger partial charge in [0.15, 0.2) is 17.3 Å². The molecule has 0 N–H and O–H groups in total. The predicted octanol–water partition coefficient (Wildman–Crippen LogP) is 3.53. The Bertz CT molecular complexity index is 963. The average molecular weight is 358 g/mol. The number of hydrogen-bond acceptors (Lipinski definition) is 5. The van der Waals surface area contributed by atoms with E-state index in [0.717, 1.165) is 13.2 Å². The van der Waals surface area contributed by atoms with Gasteiger partial charge in [0, 0.05) is 31.2 Å². The minimum Gasteiger partial charge on any atom is -0.493 e. The molecular formula is C19H27NO5. The van der Waals surface area contributed by atoms with Crippen LogP contribution in [0.3, 0.4) is 0 Å². The van der Waals surface area contributed by atoms with Crippen LogP contribution in [0.2, 0.25) is 0 Å². The molecule has 0 unspecified atom stereocenters. The molecule has 0 aliphatic carbocycles. The summed E-state index contributed by atoms with van der Waals surface area (Å²) in [4.78, 5) is 26.0. The standard InChI is InChI=1S/C19H27NO5/c1-19(2,3)25-18(22)20-11-9-13(10-12-20)16(21)14-7-6-8-15(23-4)17(14)24-5/h6-8,13H,9-12H2,1-5H3/i9D2,10D2,11D2,12D2,13D. The molecule has 1 aliphatic rings. The normalized spacial score (nSPS) is 30.3. The van der Waals surface area contributed by atoms with Crippen LogP contribution in [0, 0.1) is 5.89 Å². The number of amides is 1. The number of nitrogens with zero attached hydrogens (tertiary/aromatic N) is 1. The Kier molecular flexibility index (Phi) is 3.12. The Labute approximate surface area is 161 Å². The molecule has 0 radical (unpaired) electrons. The third-order valence-electron chi connectivity index (χ3n) is 3.04. The van der Waals surface area contributed by atoms with E-state index in [2.05, 4.69) is 0 Å². The zero-order valence-electron chi connectivity index (χ0n) is 23.7. The van der Waals surface area contributed by atoms with Crippen LogP contribution in [0.15, 0.2) is 18.2 Å². The van der Waals surface area contributed by atoms with Gasteiger partial charge >= 0.3 is 6.09 Å². The van der Waals surface area contributed by atoms with Gasteiger partial charge in [0.05, 0.1) is 19.8 Å². The van der Waals surface area contributed by atoms with E-state index in [0.29, 0.717) is 0 Å². The van der Waals surface area contributed by atoms with Crippen LogP contribution < -0.4 is 9.47 Å². The smallest absolute Gasteiger partial charge is 0.410 e. The van der Waals surface area contributed by atoms with Gasteiger partial charge in [-0.25, -0.2) is 4.79 Å². The molecule has 1 fully saturated rings. The van der Waals surface area contributed by atoms with Crippen molar-refractivity contribution >= 4 is 11.9 Å². The van der Waals surface area contributed by atoms with Gasteiger partial charge in [-0.05, 0) is 45.6 Å². The van der Waals surface area contributed by atoms with Crippen molar-refractivity contribution in [1.29, 1.82) is 0 Å². The third kappa shape index (κ3) is 4.65. The van der Waals surface area contributed by atoms with Crippen LogP contribution in [0.25, 0.3) is 0 Å². The molecule has 0 saturated carbocycles. The number of ketones is 1. The molecule has 1 amide bonds. The number of carbonyl (C=O) groups excluding carboxylic acids is 2. The topological polar surface area (TPSA) is 65.1 Å². The van der Waals surface area contributed by atoms with Crippen LogP contribution in [0.4, 0.5) is 4.79 Å². The summed E-state index contributed by atoms with van der Waals surface area (Å²) in [5.74, 6) is -5.61. The second-order valence-electron chi connectivity index (χ2n) is 6.03. The summed E-state index contributed by atoms with van der Waals surface area (Å²) < 4.78 is 91.0. The zero-order valence-corrected chi connectivity index (χ0v) is 14.7. The lowest BCUT2D eigenvalue weighted by molar-refractivity contribution is 0.0182. The molecule has 1 aromatic rings. The predicted molar refractivity (Wildman–Crippen MR) is 94.4 cm³/mol. The highest BCUT2D eigenvalue weighted by Gasteiger charge is 2.31. The maximum absolute atomic E-state index is 13.6. The van der Waals surface area contributed by atoms with Crippen molar-refractivity contribution in [3.05, 3.63) is 23.8 Å². The zero-order chi connectivity index (χ0) is 26.7. The van der Waals surface area contributed by atoms with Gasteiger partial charge in [0.1, 0.15) is 5.60 Å². The molecule has 0 atom stereocenters. The van der Waals surface area contributed by atoms with Crippen molar-refractivity contribution in [3.63, 3.8) is 0 Å². The van der Waals surface area contributed by atoms with E-state index in [1.54, 1.807) is 0 Å². The van der Waals surface area contributed by atoms with E-state index in [4.69, 9.17) is 26.5 Å². The highest BCUT2D eigenvalue weighted by atomic mass is 16.6. The number of piperidine rings is 1. The van der Waals surface area contributed by atoms with Gasteiger partial charge in [0.25, 0.3) is 0 Å². The van der Waals surface area contributed by atoms with Crippen molar-refractivity contribution in [3.8, 4) is 11.5 Å². The molecule has 6 heteroatoms. The van der Waals surface area contributed by atoms with Crippen molar-refractivity contribution in [1.82, 2.24) is 4.90 Å². The number of para-hydroxylation sites is 1. The molecule has 1 heterocycles. The van der Waals surface area contributed by atoms with Crippen LogP contribution in [0.1, 0.15) is 56.2 Å². The molecule has 0 spiro atoms. The van der Waals surface area contributed by atoms with Gasteiger partial charge < -0.3 is 19.1 Å². The van der Waals surface area contributed by atoms with Gasteiger partial charge in [-0.15, -0.1) is 0 Å². The second-order valence-corrected chi connectivity index (χ2v) is 6.03. The third-order valence-corrected chi connectivity index (χ3v) is 3.04. The molecule has 1 aliphatic heterocycles. The molecule has 1 aromatic carbocycles. The number of methoxy groups -OCH3 is 2. The van der Waals surface area contributed by atoms with Crippen LogP contribution >= 0.6 is 0 Å². The summed E-state index contributed by atoms with van der Waals surface area (Å²) in [7, 11) is 2.40. The Morgan fingerprint density at radius 1 is 1.20 bits per heavy atom. The van der Waals surface area contributed by atoms with E-state index in [-0.39, 0.29) is 16.4 Å². The van der Waals surface area contributed by atoms with Gasteiger partial charge in [-0.3, -0.25) is 4.79 Å². The number of benzene rings is 1. The largest absolute Gasteiger partial charge is 0.493 e. The van der Waals surface area contributed by atoms with Crippen molar-refractivity contribution in [2.24, 2.45) is 5.89 Å². The first kappa shape index (κ1) is 10.0. The first-order valence-electron chi connectivity index (χ1n) is 12.0. The number of likely N-dealkylation sites (tertiary alicyclic amines) is 1. The van der Waals surface area contributed by atoms with Gasteiger partial charge in [-0.1, -0.05) is 6.07 Å². The first-order valence-corrected chi connectivity index (χ1v) is 7.46. The number of ether oxygens (including phenoxy) is 3. The van der Waals surface area contributed by atoms with Gasteiger partial charge in [-0.2, -0.15) is 0 Å². The summed E-state index contributed by atoms with van der Waals surface area (Å²) in [6.45, 7) is -3.20. The molecule has 0 aromatic heterocycles. The summed E-state index contributed by atoms with van der Waals surface area (Å²) >= 11 is 0. The lowest BCUT2D eigenvalue weighted by atomic mass is 9.88. The second kappa shape index (κ2) is 7.76. The number of Topliss-reactive ketones (excluding diaryl/α,β-unsaturated/α-hetero) is 1. The molecule has 138 valence electrons. The highest BCUT2D eigenvalue weighted by molar-refractivity contribution is 6.01. The maximum Gasteiger partial charge on any atom is 0.410 e. The van der Waals surface area contributed by atoms with Crippen LogP contribution in [0.5, 0.6) is 11.5 Å². The van der Waals surface area contributed by atoms with Crippen molar-refractivity contribution < 1.29 is 36.1 Å². The Balaban J connectivity index is 2.85. The fourth-order valence-corrected chi connectivity index (χ4v) is 2.00. The Morgan fingerprint density at radius 2 is 1.84 bits per heavy atom. The number of rotatable bonds is 4. The van der Waals surface area contributed by atoms with E-state index in [1.807, 2.05) is 0 Å². The lowest BCUT2D eigenvalue weighted by Gasteiger charge is -2.33. The Morgan fingerprint density at radius 3 is 2.36 bits per heavy atom. The first-order chi connectivity index (χ1) is 15.2. The summed E-state index contributed by atoms with van der Waals surface area (Å²) in [5.41, 5.74) is -1.79. The monoisotopic (exact) mass is 358 g/mol. The highest BCUT2D eigenvalue weighted by Crippen LogP contribution is 2.34. The average Bonchev–Trinajstić information content (AvgIpc) is 2.68. The van der Waals surface area contributed by atoms with Crippen molar-refractivity contribution in [2.75, 3.05) is 27.2 Å². The lowest BCUT2D eigenvalue weighted by Crippen LogP contribution is -2.43. The van der Waals surface area contributed by atoms with Crippen LogP contribution in [-0.2, 0) is 4.74 Å². The molecule has 6 nitrogen and oxygen atoms in total.